The van der Waals surface area contributed by atoms with Crippen LogP contribution in [-0.2, 0) is 6.54 Å². The maximum Gasteiger partial charge on any atom is 0.161 e. The highest BCUT2D eigenvalue weighted by atomic mass is 32.1. The number of aromatic nitrogens is 3. The molecule has 4 rings (SSSR count). The van der Waals surface area contributed by atoms with E-state index in [0.717, 1.165) is 28.1 Å². The van der Waals surface area contributed by atoms with Gasteiger partial charge in [0.1, 0.15) is 18.4 Å². The standard InChI is InChI=1S/C23H23N3O3S/c1-3-6-16-9-10-21(22(11-16)28-2)29-13-17(27)12-26-20-8-5-4-7-18(20)25-23(26)19-14-30-15-24-19/h3-11,14-15,17,27H,12-13H2,1-2H3/b6-3+. The van der Waals surface area contributed by atoms with Gasteiger partial charge in [-0.15, -0.1) is 11.3 Å². The molecule has 0 saturated carbocycles. The predicted molar refractivity (Wildman–Crippen MR) is 120 cm³/mol. The fraction of sp³-hybridized carbons (Fsp3) is 0.217. The molecule has 2 heterocycles. The number of allylic oxidation sites excluding steroid dienone is 1. The molecule has 30 heavy (non-hydrogen) atoms. The van der Waals surface area contributed by atoms with Crippen LogP contribution < -0.4 is 9.47 Å². The third-order valence-electron chi connectivity index (χ3n) is 4.69. The maximum atomic E-state index is 10.7. The van der Waals surface area contributed by atoms with Crippen LogP contribution in [-0.4, -0.2) is 39.5 Å². The molecule has 0 aliphatic carbocycles. The van der Waals surface area contributed by atoms with Crippen molar-refractivity contribution in [3.05, 3.63) is 65.0 Å². The monoisotopic (exact) mass is 421 g/mol. The lowest BCUT2D eigenvalue weighted by Crippen LogP contribution is -2.24. The zero-order valence-electron chi connectivity index (χ0n) is 16.9. The number of aliphatic hydroxyl groups excluding tert-OH is 1. The zero-order valence-corrected chi connectivity index (χ0v) is 17.7. The summed E-state index contributed by atoms with van der Waals surface area (Å²) >= 11 is 1.52. The van der Waals surface area contributed by atoms with Crippen LogP contribution in [0.15, 0.2) is 59.4 Å². The molecule has 0 amide bonds. The van der Waals surface area contributed by atoms with Gasteiger partial charge >= 0.3 is 0 Å². The Labute approximate surface area is 179 Å². The van der Waals surface area contributed by atoms with Crippen LogP contribution in [0.3, 0.4) is 0 Å². The Hall–Kier alpha value is -3.16. The van der Waals surface area contributed by atoms with E-state index in [1.165, 1.54) is 11.3 Å². The van der Waals surface area contributed by atoms with Crippen molar-refractivity contribution in [2.24, 2.45) is 0 Å². The number of hydrogen-bond acceptors (Lipinski definition) is 6. The smallest absolute Gasteiger partial charge is 0.161 e. The molecule has 6 nitrogen and oxygen atoms in total. The summed E-state index contributed by atoms with van der Waals surface area (Å²) in [6.45, 7) is 2.43. The fourth-order valence-electron chi connectivity index (χ4n) is 3.33. The fourth-order valence-corrected chi connectivity index (χ4v) is 3.86. The highest BCUT2D eigenvalue weighted by molar-refractivity contribution is 7.07. The van der Waals surface area contributed by atoms with Crippen LogP contribution in [0.25, 0.3) is 28.6 Å². The summed E-state index contributed by atoms with van der Waals surface area (Å²) in [5, 5.41) is 12.7. The molecular weight excluding hydrogens is 398 g/mol. The van der Waals surface area contributed by atoms with Crippen LogP contribution in [0, 0.1) is 0 Å². The molecule has 1 unspecified atom stereocenters. The second kappa shape index (κ2) is 9.11. The summed E-state index contributed by atoms with van der Waals surface area (Å²) in [4.78, 5) is 9.10. The summed E-state index contributed by atoms with van der Waals surface area (Å²) in [6.07, 6.45) is 3.22. The van der Waals surface area contributed by atoms with Gasteiger partial charge in [-0.25, -0.2) is 9.97 Å². The number of aliphatic hydroxyl groups is 1. The van der Waals surface area contributed by atoms with Gasteiger partial charge in [0.05, 0.1) is 30.2 Å². The Bertz CT molecular complexity index is 1150. The van der Waals surface area contributed by atoms with Crippen molar-refractivity contribution >= 4 is 28.4 Å². The van der Waals surface area contributed by atoms with Gasteiger partial charge in [0, 0.05) is 5.38 Å². The minimum Gasteiger partial charge on any atom is -0.493 e. The van der Waals surface area contributed by atoms with E-state index in [-0.39, 0.29) is 6.61 Å². The van der Waals surface area contributed by atoms with Crippen LogP contribution in [0.2, 0.25) is 0 Å². The quantitative estimate of drug-likeness (QED) is 0.449. The van der Waals surface area contributed by atoms with E-state index < -0.39 is 6.10 Å². The minimum absolute atomic E-state index is 0.127. The molecule has 154 valence electrons. The number of fused-ring (bicyclic) bond motifs is 1. The van der Waals surface area contributed by atoms with Gasteiger partial charge < -0.3 is 19.1 Å². The Morgan fingerprint density at radius 3 is 2.83 bits per heavy atom. The Kier molecular flexibility index (Phi) is 6.11. The van der Waals surface area contributed by atoms with E-state index in [0.29, 0.717) is 18.0 Å². The Balaban J connectivity index is 1.53. The summed E-state index contributed by atoms with van der Waals surface area (Å²) in [7, 11) is 1.61. The van der Waals surface area contributed by atoms with Gasteiger partial charge in [-0.05, 0) is 36.8 Å². The van der Waals surface area contributed by atoms with Crippen LogP contribution in [0.4, 0.5) is 0 Å². The first-order valence-electron chi connectivity index (χ1n) is 9.65. The number of benzene rings is 2. The SMILES string of the molecule is C/C=C/c1ccc(OCC(O)Cn2c(-c3cscn3)nc3ccccc32)c(OC)c1. The first-order chi connectivity index (χ1) is 14.7. The number of para-hydroxylation sites is 2. The van der Waals surface area contributed by atoms with E-state index in [4.69, 9.17) is 14.5 Å². The normalized spacial score (nSPS) is 12.5. The maximum absolute atomic E-state index is 10.7. The highest BCUT2D eigenvalue weighted by Crippen LogP contribution is 2.29. The van der Waals surface area contributed by atoms with Crippen molar-refractivity contribution < 1.29 is 14.6 Å². The lowest BCUT2D eigenvalue weighted by molar-refractivity contribution is 0.0923. The van der Waals surface area contributed by atoms with E-state index in [1.807, 2.05) is 71.5 Å². The van der Waals surface area contributed by atoms with Crippen LogP contribution in [0.1, 0.15) is 12.5 Å². The van der Waals surface area contributed by atoms with Gasteiger partial charge in [-0.2, -0.15) is 0 Å². The first-order valence-corrected chi connectivity index (χ1v) is 10.6. The summed E-state index contributed by atoms with van der Waals surface area (Å²) in [5.74, 6) is 1.97. The van der Waals surface area contributed by atoms with E-state index in [9.17, 15) is 5.11 Å². The number of methoxy groups -OCH3 is 1. The van der Waals surface area contributed by atoms with Crippen molar-refractivity contribution in [3.8, 4) is 23.0 Å². The van der Waals surface area contributed by atoms with Crippen molar-refractivity contribution in [1.82, 2.24) is 14.5 Å². The molecule has 1 atom stereocenters. The predicted octanol–water partition coefficient (Wildman–Crippen LogP) is 4.64. The number of nitrogens with zero attached hydrogens (tertiary/aromatic N) is 3. The molecule has 0 saturated heterocycles. The molecular formula is C23H23N3O3S. The molecule has 0 fully saturated rings. The lowest BCUT2D eigenvalue weighted by atomic mass is 10.2. The second-order valence-electron chi connectivity index (χ2n) is 6.78. The van der Waals surface area contributed by atoms with Gasteiger partial charge in [-0.3, -0.25) is 0 Å². The highest BCUT2D eigenvalue weighted by Gasteiger charge is 2.17. The first kappa shape index (κ1) is 20.1. The van der Waals surface area contributed by atoms with Crippen LogP contribution >= 0.6 is 11.3 Å². The average molecular weight is 422 g/mol. The number of hydrogen-bond donors (Lipinski definition) is 1. The molecule has 2 aromatic heterocycles. The molecule has 0 bridgehead atoms. The molecule has 0 spiro atoms. The number of thiazole rings is 1. The van der Waals surface area contributed by atoms with Crippen molar-refractivity contribution in [2.75, 3.05) is 13.7 Å². The van der Waals surface area contributed by atoms with Gasteiger partial charge in [0.25, 0.3) is 0 Å². The lowest BCUT2D eigenvalue weighted by Gasteiger charge is -2.17. The topological polar surface area (TPSA) is 69.4 Å². The van der Waals surface area contributed by atoms with Gasteiger partial charge in [0.2, 0.25) is 0 Å². The third-order valence-corrected chi connectivity index (χ3v) is 5.27. The molecule has 7 heteroatoms. The average Bonchev–Trinajstić information content (AvgIpc) is 3.41. The van der Waals surface area contributed by atoms with E-state index in [1.54, 1.807) is 12.6 Å². The van der Waals surface area contributed by atoms with E-state index >= 15 is 0 Å². The zero-order chi connectivity index (χ0) is 20.9. The number of rotatable bonds is 8. The Morgan fingerprint density at radius 2 is 2.07 bits per heavy atom. The van der Waals surface area contributed by atoms with E-state index in [2.05, 4.69) is 4.98 Å². The van der Waals surface area contributed by atoms with Crippen LogP contribution in [0.5, 0.6) is 11.5 Å². The number of ether oxygens (including phenoxy) is 2. The molecule has 2 aromatic carbocycles. The summed E-state index contributed by atoms with van der Waals surface area (Å²) in [6, 6.07) is 13.6. The third kappa shape index (κ3) is 4.22. The second-order valence-corrected chi connectivity index (χ2v) is 7.50. The summed E-state index contributed by atoms with van der Waals surface area (Å²) in [5.41, 5.74) is 5.43. The van der Waals surface area contributed by atoms with Gasteiger partial charge in [-0.1, -0.05) is 30.4 Å². The molecule has 4 aromatic rings. The van der Waals surface area contributed by atoms with Gasteiger partial charge in [0.15, 0.2) is 17.3 Å². The largest absolute Gasteiger partial charge is 0.493 e. The van der Waals surface area contributed by atoms with Crippen molar-refractivity contribution in [2.45, 2.75) is 19.6 Å². The van der Waals surface area contributed by atoms with Crippen molar-refractivity contribution in [3.63, 3.8) is 0 Å². The summed E-state index contributed by atoms with van der Waals surface area (Å²) < 4.78 is 13.3. The molecule has 1 N–H and O–H groups in total. The minimum atomic E-state index is -0.736. The van der Waals surface area contributed by atoms with Crippen molar-refractivity contribution in [1.29, 1.82) is 0 Å². The molecule has 0 radical (unpaired) electrons. The Morgan fingerprint density at radius 1 is 1.20 bits per heavy atom. The molecule has 0 aliphatic rings. The number of imidazole rings is 1. The molecule has 0 aliphatic heterocycles.